The monoisotopic (exact) mass is 445 g/mol. The summed E-state index contributed by atoms with van der Waals surface area (Å²) < 4.78 is 31.9. The number of sulfonamides is 1. The van der Waals surface area contributed by atoms with Crippen molar-refractivity contribution in [1.29, 1.82) is 0 Å². The SMILES string of the molecule is O=C(NCCSc1c[nH]c2ccccc12)c1ccc(S(=O)(=O)N2CCOCC2)cc1. The van der Waals surface area contributed by atoms with Crippen molar-refractivity contribution in [3.8, 4) is 0 Å². The third-order valence-corrected chi connectivity index (χ3v) is 7.89. The van der Waals surface area contributed by atoms with Gasteiger partial charge in [0.2, 0.25) is 10.0 Å². The van der Waals surface area contributed by atoms with Crippen LogP contribution < -0.4 is 5.32 Å². The molecule has 30 heavy (non-hydrogen) atoms. The van der Waals surface area contributed by atoms with E-state index in [9.17, 15) is 13.2 Å². The van der Waals surface area contributed by atoms with Crippen LogP contribution in [0.3, 0.4) is 0 Å². The summed E-state index contributed by atoms with van der Waals surface area (Å²) in [5.41, 5.74) is 1.53. The molecule has 0 aliphatic carbocycles. The lowest BCUT2D eigenvalue weighted by Gasteiger charge is -2.26. The summed E-state index contributed by atoms with van der Waals surface area (Å²) in [6.07, 6.45) is 1.98. The first-order valence-corrected chi connectivity index (χ1v) is 12.1. The minimum absolute atomic E-state index is 0.191. The number of carbonyl (C=O) groups excluding carboxylic acids is 1. The number of ether oxygens (including phenoxy) is 1. The lowest BCUT2D eigenvalue weighted by Crippen LogP contribution is -2.40. The molecule has 1 aliphatic rings. The van der Waals surface area contributed by atoms with Crippen LogP contribution in [0.2, 0.25) is 0 Å². The number of aromatic amines is 1. The van der Waals surface area contributed by atoms with Crippen molar-refractivity contribution in [2.24, 2.45) is 0 Å². The second-order valence-corrected chi connectivity index (χ2v) is 9.92. The van der Waals surface area contributed by atoms with E-state index in [1.165, 1.54) is 21.8 Å². The largest absolute Gasteiger partial charge is 0.379 e. The summed E-state index contributed by atoms with van der Waals surface area (Å²) >= 11 is 1.67. The zero-order chi connectivity index (χ0) is 21.0. The molecular formula is C21H23N3O4S2. The van der Waals surface area contributed by atoms with Gasteiger partial charge in [0.15, 0.2) is 0 Å². The number of rotatable bonds is 7. The number of nitrogens with one attached hydrogen (secondary N) is 2. The maximum atomic E-state index is 12.6. The van der Waals surface area contributed by atoms with Gasteiger partial charge in [-0.25, -0.2) is 8.42 Å². The van der Waals surface area contributed by atoms with E-state index < -0.39 is 10.0 Å². The van der Waals surface area contributed by atoms with Gasteiger partial charge < -0.3 is 15.0 Å². The fourth-order valence-electron chi connectivity index (χ4n) is 3.31. The molecule has 2 N–H and O–H groups in total. The standard InChI is InChI=1S/C21H23N3O4S2/c25-21(22-9-14-29-20-15-23-19-4-2-1-3-18(19)20)16-5-7-17(8-6-16)30(26,27)24-10-12-28-13-11-24/h1-8,15,23H,9-14H2,(H,22,25). The van der Waals surface area contributed by atoms with Crippen LogP contribution in [-0.2, 0) is 14.8 Å². The fourth-order valence-corrected chi connectivity index (χ4v) is 5.61. The van der Waals surface area contributed by atoms with Crippen molar-refractivity contribution >= 4 is 38.6 Å². The quantitative estimate of drug-likeness (QED) is 0.431. The molecule has 0 atom stereocenters. The molecule has 1 saturated heterocycles. The number of hydrogen-bond acceptors (Lipinski definition) is 5. The zero-order valence-electron chi connectivity index (χ0n) is 16.3. The highest BCUT2D eigenvalue weighted by atomic mass is 32.2. The summed E-state index contributed by atoms with van der Waals surface area (Å²) in [6.45, 7) is 2.00. The first-order chi connectivity index (χ1) is 14.6. The molecule has 1 amide bonds. The van der Waals surface area contributed by atoms with Crippen LogP contribution >= 0.6 is 11.8 Å². The molecule has 0 spiro atoms. The van der Waals surface area contributed by atoms with Crippen LogP contribution in [0.4, 0.5) is 0 Å². The van der Waals surface area contributed by atoms with E-state index in [1.807, 2.05) is 24.4 Å². The maximum absolute atomic E-state index is 12.6. The molecule has 0 radical (unpaired) electrons. The maximum Gasteiger partial charge on any atom is 0.251 e. The predicted octanol–water partition coefficient (Wildman–Crippen LogP) is 2.71. The van der Waals surface area contributed by atoms with E-state index in [0.717, 1.165) is 16.2 Å². The second kappa shape index (κ2) is 9.22. The molecule has 2 aromatic carbocycles. The van der Waals surface area contributed by atoms with Crippen LogP contribution in [0, 0.1) is 0 Å². The Balaban J connectivity index is 1.30. The molecule has 4 rings (SSSR count). The average molecular weight is 446 g/mol. The summed E-state index contributed by atoms with van der Waals surface area (Å²) in [4.78, 5) is 17.0. The number of benzene rings is 2. The van der Waals surface area contributed by atoms with Crippen LogP contribution in [0.25, 0.3) is 10.9 Å². The molecule has 0 bridgehead atoms. The van der Waals surface area contributed by atoms with Gasteiger partial charge >= 0.3 is 0 Å². The van der Waals surface area contributed by atoms with Crippen molar-refractivity contribution in [2.75, 3.05) is 38.6 Å². The van der Waals surface area contributed by atoms with Crippen molar-refractivity contribution in [3.63, 3.8) is 0 Å². The topological polar surface area (TPSA) is 91.5 Å². The van der Waals surface area contributed by atoms with Crippen molar-refractivity contribution in [2.45, 2.75) is 9.79 Å². The number of aromatic nitrogens is 1. The average Bonchev–Trinajstić information content (AvgIpc) is 3.20. The summed E-state index contributed by atoms with van der Waals surface area (Å²) in [7, 11) is -3.55. The highest BCUT2D eigenvalue weighted by Crippen LogP contribution is 2.27. The van der Waals surface area contributed by atoms with Crippen molar-refractivity contribution < 1.29 is 17.9 Å². The van der Waals surface area contributed by atoms with Crippen molar-refractivity contribution in [1.82, 2.24) is 14.6 Å². The highest BCUT2D eigenvalue weighted by Gasteiger charge is 2.26. The number of nitrogens with zero attached hydrogens (tertiary/aromatic N) is 1. The molecule has 2 heterocycles. The Morgan fingerprint density at radius 2 is 1.83 bits per heavy atom. The molecule has 158 valence electrons. The minimum Gasteiger partial charge on any atom is -0.379 e. The molecule has 1 aromatic heterocycles. The van der Waals surface area contributed by atoms with E-state index in [0.29, 0.717) is 38.4 Å². The zero-order valence-corrected chi connectivity index (χ0v) is 18.0. The van der Waals surface area contributed by atoms with Crippen LogP contribution in [0.1, 0.15) is 10.4 Å². The Labute approximate surface area is 179 Å². The van der Waals surface area contributed by atoms with E-state index in [4.69, 9.17) is 4.74 Å². The number of carbonyl (C=O) groups is 1. The van der Waals surface area contributed by atoms with Gasteiger partial charge in [0, 0.05) is 52.9 Å². The van der Waals surface area contributed by atoms with E-state index in [2.05, 4.69) is 16.4 Å². The van der Waals surface area contributed by atoms with Gasteiger partial charge in [-0.2, -0.15) is 4.31 Å². The molecule has 1 aliphatic heterocycles. The van der Waals surface area contributed by atoms with Gasteiger partial charge in [0.05, 0.1) is 18.1 Å². The van der Waals surface area contributed by atoms with E-state index in [1.54, 1.807) is 23.9 Å². The summed E-state index contributed by atoms with van der Waals surface area (Å²) in [5, 5.41) is 4.06. The van der Waals surface area contributed by atoms with Gasteiger partial charge in [0.25, 0.3) is 5.91 Å². The fraction of sp³-hybridized carbons (Fsp3) is 0.286. The second-order valence-electron chi connectivity index (χ2n) is 6.84. The van der Waals surface area contributed by atoms with Crippen LogP contribution in [-0.4, -0.2) is 62.2 Å². The first-order valence-electron chi connectivity index (χ1n) is 9.71. The van der Waals surface area contributed by atoms with E-state index in [-0.39, 0.29) is 10.8 Å². The Morgan fingerprint density at radius 1 is 1.10 bits per heavy atom. The third kappa shape index (κ3) is 4.54. The number of amides is 1. The summed E-state index contributed by atoms with van der Waals surface area (Å²) in [5.74, 6) is 0.515. The molecule has 3 aromatic rings. The van der Waals surface area contributed by atoms with Crippen molar-refractivity contribution in [3.05, 3.63) is 60.3 Å². The number of morpholine rings is 1. The number of para-hydroxylation sites is 1. The Morgan fingerprint density at radius 3 is 2.60 bits per heavy atom. The normalized spacial score (nSPS) is 15.3. The lowest BCUT2D eigenvalue weighted by atomic mass is 10.2. The molecule has 9 heteroatoms. The molecular weight excluding hydrogens is 422 g/mol. The van der Waals surface area contributed by atoms with Gasteiger partial charge in [-0.1, -0.05) is 18.2 Å². The van der Waals surface area contributed by atoms with Gasteiger partial charge in [-0.3, -0.25) is 4.79 Å². The Bertz CT molecular complexity index is 1120. The van der Waals surface area contributed by atoms with Gasteiger partial charge in [-0.15, -0.1) is 11.8 Å². The number of hydrogen-bond donors (Lipinski definition) is 2. The van der Waals surface area contributed by atoms with E-state index >= 15 is 0 Å². The Hall–Kier alpha value is -2.33. The number of H-pyrrole nitrogens is 1. The number of fused-ring (bicyclic) bond motifs is 1. The molecule has 0 saturated carbocycles. The highest BCUT2D eigenvalue weighted by molar-refractivity contribution is 7.99. The van der Waals surface area contributed by atoms with Crippen LogP contribution in [0.5, 0.6) is 0 Å². The van der Waals surface area contributed by atoms with Gasteiger partial charge in [0.1, 0.15) is 0 Å². The summed E-state index contributed by atoms with van der Waals surface area (Å²) in [6, 6.07) is 14.2. The first kappa shape index (κ1) is 20.9. The smallest absolute Gasteiger partial charge is 0.251 e. The third-order valence-electron chi connectivity index (χ3n) is 4.92. The predicted molar refractivity (Wildman–Crippen MR) is 117 cm³/mol. The Kier molecular flexibility index (Phi) is 6.43. The van der Waals surface area contributed by atoms with Crippen LogP contribution in [0.15, 0.2) is 64.5 Å². The number of thioether (sulfide) groups is 1. The minimum atomic E-state index is -3.55. The van der Waals surface area contributed by atoms with Gasteiger partial charge in [-0.05, 0) is 30.3 Å². The molecule has 7 nitrogen and oxygen atoms in total. The molecule has 1 fully saturated rings. The molecule has 0 unspecified atom stereocenters. The lowest BCUT2D eigenvalue weighted by molar-refractivity contribution is 0.0730.